The molecule has 4 aromatic carbocycles. The number of hydrogen-bond acceptors (Lipinski definition) is 12. The summed E-state index contributed by atoms with van der Waals surface area (Å²) in [6, 6.07) is 32.6. The standard InChI is InChI=1S/2C30H34N4O4/c1-33(2)20-9-12-23-26(17-20)38-27-18-21(34(3)4)10-13-24(27)28(23)25-16-19(8-11-22(25)30(36)37)29(35)32-15-7-5-6-14-31;1-33(2)20-9-12-23-26(17-20)38-27-18-21(34(3)4)10-13-24(27)28(23)22-11-8-19(16-25(22)30(36)37)29(35)32-15-7-5-6-14-31/h2*8-13,16-18H,5-7,14-15,31H2,1-4H3,(H-,32,35,36,37). The molecule has 2 amide bonds. The maximum atomic E-state index is 13.0. The molecule has 16 nitrogen and oxygen atoms in total. The molecule has 0 radical (unpaired) electrons. The fraction of sp³-hybridized carbons (Fsp3) is 0.300. The molecule has 2 heterocycles. The third kappa shape index (κ3) is 12.6. The van der Waals surface area contributed by atoms with Crippen LogP contribution in [-0.4, -0.2) is 106 Å². The number of nitrogens with two attached hydrogens (primary N) is 2. The molecule has 0 bridgehead atoms. The minimum absolute atomic E-state index is 0.00617. The van der Waals surface area contributed by atoms with E-state index in [1.807, 2.05) is 148 Å². The Morgan fingerprint density at radius 1 is 0.487 bits per heavy atom. The molecule has 0 unspecified atom stereocenters. The van der Waals surface area contributed by atoms with Crippen LogP contribution in [0.2, 0.25) is 0 Å². The molecule has 396 valence electrons. The summed E-state index contributed by atoms with van der Waals surface area (Å²) >= 11 is 0. The lowest BCUT2D eigenvalue weighted by molar-refractivity contribution is -0.256. The summed E-state index contributed by atoms with van der Waals surface area (Å²) < 4.78 is 16.6. The Balaban J connectivity index is 0.000000221. The number of hydrogen-bond donors (Lipinski definition) is 4. The van der Waals surface area contributed by atoms with E-state index in [0.717, 1.165) is 82.5 Å². The summed E-state index contributed by atoms with van der Waals surface area (Å²) in [5, 5.41) is 33.8. The van der Waals surface area contributed by atoms with Crippen molar-refractivity contribution in [3.63, 3.8) is 0 Å². The molecule has 16 heteroatoms. The molecule has 0 spiro atoms. The first-order valence-electron chi connectivity index (χ1n) is 25.5. The monoisotopic (exact) mass is 1030 g/mol. The Bertz CT molecular complexity index is 3530. The number of carbonyl (C=O) groups is 4. The number of fused-ring (bicyclic) bond motifs is 4. The zero-order chi connectivity index (χ0) is 54.8. The normalized spacial score (nSPS) is 11.1. The van der Waals surface area contributed by atoms with Crippen molar-refractivity contribution in [1.29, 1.82) is 0 Å². The topological polar surface area (TPSA) is 229 Å². The van der Waals surface area contributed by atoms with Crippen molar-refractivity contribution in [3.05, 3.63) is 142 Å². The van der Waals surface area contributed by atoms with Crippen molar-refractivity contribution in [2.75, 3.05) is 92.4 Å². The summed E-state index contributed by atoms with van der Waals surface area (Å²) in [4.78, 5) is 54.3. The average molecular weight is 1030 g/mol. The Kier molecular flexibility index (Phi) is 18.1. The van der Waals surface area contributed by atoms with Gasteiger partial charge in [0.05, 0.1) is 24.1 Å². The predicted molar refractivity (Wildman–Crippen MR) is 299 cm³/mol. The van der Waals surface area contributed by atoms with Gasteiger partial charge in [-0.2, -0.15) is 0 Å². The molecule has 4 aromatic rings. The van der Waals surface area contributed by atoms with Gasteiger partial charge in [-0.15, -0.1) is 0 Å². The van der Waals surface area contributed by atoms with Gasteiger partial charge in [-0.1, -0.05) is 25.0 Å². The second-order valence-electron chi connectivity index (χ2n) is 19.6. The first kappa shape index (κ1) is 55.4. The summed E-state index contributed by atoms with van der Waals surface area (Å²) in [6.07, 6.45) is 5.29. The van der Waals surface area contributed by atoms with Gasteiger partial charge in [0.15, 0.2) is 0 Å². The second kappa shape index (κ2) is 24.8. The lowest BCUT2D eigenvalue weighted by atomic mass is 9.89. The quantitative estimate of drug-likeness (QED) is 0.0503. The first-order valence-corrected chi connectivity index (χ1v) is 25.5. The zero-order valence-electron chi connectivity index (χ0n) is 44.7. The van der Waals surface area contributed by atoms with Crippen LogP contribution >= 0.6 is 0 Å². The third-order valence-electron chi connectivity index (χ3n) is 13.3. The second-order valence-corrected chi connectivity index (χ2v) is 19.6. The van der Waals surface area contributed by atoms with Crippen molar-refractivity contribution < 1.29 is 38.2 Å². The smallest absolute Gasteiger partial charge is 0.251 e. The molecule has 0 aromatic heterocycles. The van der Waals surface area contributed by atoms with E-state index in [4.69, 9.17) is 20.3 Å². The summed E-state index contributed by atoms with van der Waals surface area (Å²) in [7, 11) is 15.6. The molecule has 6 N–H and O–H groups in total. The highest BCUT2D eigenvalue weighted by Gasteiger charge is 2.24. The van der Waals surface area contributed by atoms with Gasteiger partial charge in [0.1, 0.15) is 50.9 Å². The Morgan fingerprint density at radius 2 is 0.921 bits per heavy atom. The van der Waals surface area contributed by atoms with E-state index < -0.39 is 11.9 Å². The minimum atomic E-state index is -1.35. The number of amides is 2. The number of nitrogens with one attached hydrogen (secondary N) is 2. The van der Waals surface area contributed by atoms with E-state index in [1.165, 1.54) is 18.2 Å². The van der Waals surface area contributed by atoms with Gasteiger partial charge in [0.25, 0.3) is 11.8 Å². The predicted octanol–water partition coefficient (Wildman–Crippen LogP) is 5.05. The maximum absolute atomic E-state index is 13.0. The van der Waals surface area contributed by atoms with E-state index in [9.17, 15) is 29.4 Å². The van der Waals surface area contributed by atoms with Gasteiger partial charge in [-0.25, -0.2) is 9.15 Å². The summed E-state index contributed by atoms with van der Waals surface area (Å²) in [5.74, 6) is -2.02. The van der Waals surface area contributed by atoms with E-state index in [2.05, 4.69) is 10.6 Å². The highest BCUT2D eigenvalue weighted by molar-refractivity contribution is 6.10. The molecule has 0 fully saturated rings. The minimum Gasteiger partial charge on any atom is -0.545 e. The number of carbonyl (C=O) groups excluding carboxylic acids is 4. The van der Waals surface area contributed by atoms with Crippen LogP contribution < -0.4 is 62.0 Å². The highest BCUT2D eigenvalue weighted by Crippen LogP contribution is 2.44. The summed E-state index contributed by atoms with van der Waals surface area (Å²) in [6.45, 7) is 2.26. The number of unbranched alkanes of at least 4 members (excludes halogenated alkanes) is 4. The molecule has 2 aliphatic heterocycles. The molecule has 8 rings (SSSR count). The van der Waals surface area contributed by atoms with Crippen molar-refractivity contribution in [2.24, 2.45) is 11.5 Å². The van der Waals surface area contributed by atoms with Gasteiger partial charge in [-0.3, -0.25) is 9.59 Å². The van der Waals surface area contributed by atoms with Crippen LogP contribution in [0.3, 0.4) is 0 Å². The van der Waals surface area contributed by atoms with Crippen LogP contribution in [0.15, 0.2) is 118 Å². The van der Waals surface area contributed by atoms with Gasteiger partial charge >= 0.3 is 0 Å². The molecule has 4 aliphatic rings. The van der Waals surface area contributed by atoms with Crippen LogP contribution in [0, 0.1) is 0 Å². The van der Waals surface area contributed by atoms with Crippen LogP contribution in [0.25, 0.3) is 66.8 Å². The molecule has 0 saturated heterocycles. The number of benzene rings is 6. The van der Waals surface area contributed by atoms with Gasteiger partial charge in [-0.05, 0) is 111 Å². The Hall–Kier alpha value is -8.34. The number of nitrogens with zero attached hydrogens (tertiary/aromatic N) is 4. The lowest BCUT2D eigenvalue weighted by Gasteiger charge is -2.20. The van der Waals surface area contributed by atoms with Crippen molar-refractivity contribution in [1.82, 2.24) is 19.8 Å². The number of carboxylic acids is 2. The largest absolute Gasteiger partial charge is 0.545 e. The molecular formula is C60H68N8O8. The first-order chi connectivity index (χ1) is 36.4. The fourth-order valence-corrected chi connectivity index (χ4v) is 9.07. The third-order valence-corrected chi connectivity index (χ3v) is 13.3. The Morgan fingerprint density at radius 3 is 1.36 bits per heavy atom. The molecule has 76 heavy (non-hydrogen) atoms. The van der Waals surface area contributed by atoms with Crippen LogP contribution in [0.4, 0.5) is 11.4 Å². The van der Waals surface area contributed by atoms with Gasteiger partial charge in [0.2, 0.25) is 10.7 Å². The van der Waals surface area contributed by atoms with Crippen LogP contribution in [0.1, 0.15) is 80.0 Å². The van der Waals surface area contributed by atoms with Crippen LogP contribution in [-0.2, 0) is 0 Å². The highest BCUT2D eigenvalue weighted by atomic mass is 16.4. The number of rotatable bonds is 18. The van der Waals surface area contributed by atoms with Crippen molar-refractivity contribution in [3.8, 4) is 44.9 Å². The SMILES string of the molecule is CN(C)c1ccc2c(-c3cc(C(=O)NCCCCCN)ccc3C(=O)[O-])c3ccc(=[N+](C)C)cc-3oc2c1.CN(C)c1ccc2c(-c3ccc(C(=O)NCCCCCN)cc3C(=O)[O-])c3ccc(=[N+](C)C)cc-3oc2c1. The maximum Gasteiger partial charge on any atom is 0.251 e. The molecule has 2 aliphatic carbocycles. The fourth-order valence-electron chi connectivity index (χ4n) is 9.07. The number of carboxylic acid groups (broad SMARTS) is 2. The van der Waals surface area contributed by atoms with Crippen LogP contribution in [0.5, 0.6) is 0 Å². The molecular weight excluding hydrogens is 961 g/mol. The zero-order valence-corrected chi connectivity index (χ0v) is 44.7. The summed E-state index contributed by atoms with van der Waals surface area (Å²) in [5.41, 5.74) is 18.5. The molecule has 0 atom stereocenters. The molecule has 0 saturated carbocycles. The number of anilines is 2. The van der Waals surface area contributed by atoms with Gasteiger partial charge in [0, 0.05) is 132 Å². The van der Waals surface area contributed by atoms with E-state index >= 15 is 0 Å². The van der Waals surface area contributed by atoms with E-state index in [-0.39, 0.29) is 28.5 Å². The number of aromatic carboxylic acids is 2. The van der Waals surface area contributed by atoms with Gasteiger partial charge < -0.3 is 60.5 Å². The van der Waals surface area contributed by atoms with Crippen molar-refractivity contribution in [2.45, 2.75) is 38.5 Å². The average Bonchev–Trinajstić information content (AvgIpc) is 3.40. The Labute approximate surface area is 442 Å². The lowest BCUT2D eigenvalue weighted by Crippen LogP contribution is -2.27. The van der Waals surface area contributed by atoms with E-state index in [0.29, 0.717) is 76.7 Å². The van der Waals surface area contributed by atoms with E-state index in [1.54, 1.807) is 18.2 Å². The van der Waals surface area contributed by atoms with Crippen molar-refractivity contribution >= 4 is 57.1 Å².